The van der Waals surface area contributed by atoms with Gasteiger partial charge in [-0.25, -0.2) is 9.37 Å². The van der Waals surface area contributed by atoms with Gasteiger partial charge in [-0.05, 0) is 55.3 Å². The molecule has 1 aliphatic rings. The van der Waals surface area contributed by atoms with Gasteiger partial charge in [0.15, 0.2) is 0 Å². The van der Waals surface area contributed by atoms with Crippen LogP contribution in [0.1, 0.15) is 41.9 Å². The predicted octanol–water partition coefficient (Wildman–Crippen LogP) is 6.64. The lowest BCUT2D eigenvalue weighted by Gasteiger charge is -2.29. The average Bonchev–Trinajstić information content (AvgIpc) is 3.53. The van der Waals surface area contributed by atoms with Gasteiger partial charge >= 0.3 is 6.18 Å². The van der Waals surface area contributed by atoms with Crippen molar-refractivity contribution in [1.82, 2.24) is 19.4 Å². The Balaban J connectivity index is 1.46. The minimum Gasteiger partial charge on any atom is -0.340 e. The van der Waals surface area contributed by atoms with Crippen LogP contribution in [0.25, 0.3) is 0 Å². The third-order valence-corrected chi connectivity index (χ3v) is 7.71. The van der Waals surface area contributed by atoms with Gasteiger partial charge in [-0.15, -0.1) is 0 Å². The van der Waals surface area contributed by atoms with Gasteiger partial charge in [-0.3, -0.25) is 9.69 Å². The summed E-state index contributed by atoms with van der Waals surface area (Å²) < 4.78 is 55.1. The highest BCUT2D eigenvalue weighted by Crippen LogP contribution is 2.36. The molecule has 0 bridgehead atoms. The first kappa shape index (κ1) is 28.4. The monoisotopic (exact) mass is 570 g/mol. The van der Waals surface area contributed by atoms with Gasteiger partial charge in [0.1, 0.15) is 5.82 Å². The zero-order valence-corrected chi connectivity index (χ0v) is 22.3. The topological polar surface area (TPSA) is 41.4 Å². The number of hydrogen-bond acceptors (Lipinski definition) is 3. The third kappa shape index (κ3) is 6.87. The third-order valence-electron chi connectivity index (χ3n) is 6.97. The van der Waals surface area contributed by atoms with Crippen molar-refractivity contribution in [2.24, 2.45) is 0 Å². The molecule has 2 atom stereocenters. The van der Waals surface area contributed by atoms with Crippen LogP contribution in [0, 0.1) is 5.82 Å². The van der Waals surface area contributed by atoms with Crippen molar-refractivity contribution in [3.63, 3.8) is 0 Å². The lowest BCUT2D eigenvalue weighted by atomic mass is 9.93. The van der Waals surface area contributed by atoms with Crippen molar-refractivity contribution in [2.45, 2.75) is 50.5 Å². The molecule has 2 aromatic carbocycles. The number of hydrogen-bond donors (Lipinski definition) is 0. The first-order chi connectivity index (χ1) is 18.0. The standard InChI is InChI=1S/C27H28Cl2F4N4O/c1-35(14-18-5-7-21(24(30)12-18)27(31,32)33)25-16-37(15-20(25)19-6-8-22(28)23(29)13-19)26(38)4-2-3-10-36-11-9-34-17-36/h5-9,11-13,17,20,25H,2-4,10,14-16H2,1H3/t20-,25-/m1/s1. The van der Waals surface area contributed by atoms with Crippen molar-refractivity contribution in [3.05, 3.63) is 87.7 Å². The maximum atomic E-state index is 14.2. The number of rotatable bonds is 9. The van der Waals surface area contributed by atoms with Crippen molar-refractivity contribution in [1.29, 1.82) is 0 Å². The van der Waals surface area contributed by atoms with Crippen LogP contribution in [0.2, 0.25) is 10.0 Å². The minimum atomic E-state index is -4.75. The second kappa shape index (κ2) is 12.1. The number of aromatic nitrogens is 2. The molecule has 0 N–H and O–H groups in total. The van der Waals surface area contributed by atoms with E-state index < -0.39 is 17.6 Å². The van der Waals surface area contributed by atoms with E-state index in [1.807, 2.05) is 33.7 Å². The highest BCUT2D eigenvalue weighted by molar-refractivity contribution is 6.42. The fraction of sp³-hybridized carbons (Fsp3) is 0.407. The summed E-state index contributed by atoms with van der Waals surface area (Å²) in [6.45, 7) is 1.90. The number of unbranched alkanes of at least 4 members (excludes halogenated alkanes) is 1. The van der Waals surface area contributed by atoms with Gasteiger partial charge in [0.25, 0.3) is 0 Å². The molecule has 3 aromatic rings. The average molecular weight is 571 g/mol. The summed E-state index contributed by atoms with van der Waals surface area (Å²) in [7, 11) is 1.82. The molecule has 11 heteroatoms. The van der Waals surface area contributed by atoms with E-state index in [4.69, 9.17) is 23.2 Å². The van der Waals surface area contributed by atoms with E-state index in [2.05, 4.69) is 4.98 Å². The molecule has 204 valence electrons. The van der Waals surface area contributed by atoms with Crippen LogP contribution < -0.4 is 0 Å². The van der Waals surface area contributed by atoms with Crippen molar-refractivity contribution >= 4 is 29.1 Å². The molecular weight excluding hydrogens is 543 g/mol. The second-order valence-electron chi connectivity index (χ2n) is 9.63. The van der Waals surface area contributed by atoms with E-state index in [9.17, 15) is 22.4 Å². The first-order valence-corrected chi connectivity index (χ1v) is 13.0. The molecule has 1 aromatic heterocycles. The summed E-state index contributed by atoms with van der Waals surface area (Å²) >= 11 is 12.4. The number of nitrogens with zero attached hydrogens (tertiary/aromatic N) is 4. The number of likely N-dealkylation sites (N-methyl/N-ethyl adjacent to an activating group) is 1. The molecular formula is C27H28Cl2F4N4O. The van der Waals surface area contributed by atoms with E-state index in [0.717, 1.165) is 37.1 Å². The van der Waals surface area contributed by atoms with E-state index in [-0.39, 0.29) is 24.4 Å². The summed E-state index contributed by atoms with van der Waals surface area (Å²) in [5.74, 6) is -1.37. The highest BCUT2D eigenvalue weighted by atomic mass is 35.5. The van der Waals surface area contributed by atoms with Gasteiger partial charge in [0.05, 0.1) is 21.9 Å². The fourth-order valence-electron chi connectivity index (χ4n) is 4.95. The summed E-state index contributed by atoms with van der Waals surface area (Å²) in [6, 6.07) is 8.18. The number of alkyl halides is 3. The number of aryl methyl sites for hydroxylation is 1. The van der Waals surface area contributed by atoms with Crippen LogP contribution in [0.3, 0.4) is 0 Å². The lowest BCUT2D eigenvalue weighted by Crippen LogP contribution is -2.38. The molecule has 0 radical (unpaired) electrons. The smallest absolute Gasteiger partial charge is 0.340 e. The van der Waals surface area contributed by atoms with Crippen molar-refractivity contribution < 1.29 is 22.4 Å². The number of imidazole rings is 1. The Morgan fingerprint density at radius 1 is 1.11 bits per heavy atom. The van der Waals surface area contributed by atoms with E-state index >= 15 is 0 Å². The number of carbonyl (C=O) groups excluding carboxylic acids is 1. The molecule has 0 unspecified atom stereocenters. The van der Waals surface area contributed by atoms with Crippen LogP contribution in [0.15, 0.2) is 55.1 Å². The molecule has 5 nitrogen and oxygen atoms in total. The molecule has 0 saturated carbocycles. The minimum absolute atomic E-state index is 0.0390. The number of halogens is 6. The Kier molecular flexibility index (Phi) is 9.00. The van der Waals surface area contributed by atoms with Gasteiger partial charge in [0, 0.05) is 57.0 Å². The zero-order chi connectivity index (χ0) is 27.4. The maximum absolute atomic E-state index is 14.2. The van der Waals surface area contributed by atoms with Crippen LogP contribution >= 0.6 is 23.2 Å². The molecule has 4 rings (SSSR count). The predicted molar refractivity (Wildman–Crippen MR) is 139 cm³/mol. The maximum Gasteiger partial charge on any atom is 0.419 e. The number of amides is 1. The molecule has 1 amide bonds. The quantitative estimate of drug-likeness (QED) is 0.214. The molecule has 38 heavy (non-hydrogen) atoms. The SMILES string of the molecule is CN(Cc1ccc(C(F)(F)F)c(F)c1)[C@@H]1CN(C(=O)CCCCn2ccnc2)C[C@@H]1c1ccc(Cl)c(Cl)c1. The summed E-state index contributed by atoms with van der Waals surface area (Å²) in [5.41, 5.74) is 0.0312. The van der Waals surface area contributed by atoms with Crippen LogP contribution in [0.4, 0.5) is 17.6 Å². The van der Waals surface area contributed by atoms with Gasteiger partial charge in [-0.2, -0.15) is 13.2 Å². The molecule has 2 heterocycles. The Morgan fingerprint density at radius 3 is 2.55 bits per heavy atom. The van der Waals surface area contributed by atoms with Gasteiger partial charge in [-0.1, -0.05) is 35.3 Å². The fourth-order valence-corrected chi connectivity index (χ4v) is 5.25. The lowest BCUT2D eigenvalue weighted by molar-refractivity contribution is -0.140. The van der Waals surface area contributed by atoms with E-state index in [1.54, 1.807) is 24.7 Å². The van der Waals surface area contributed by atoms with E-state index in [0.29, 0.717) is 35.1 Å². The molecule has 1 saturated heterocycles. The Hall–Kier alpha value is -2.62. The van der Waals surface area contributed by atoms with Crippen molar-refractivity contribution in [2.75, 3.05) is 20.1 Å². The van der Waals surface area contributed by atoms with Gasteiger partial charge in [0.2, 0.25) is 5.91 Å². The second-order valence-corrected chi connectivity index (χ2v) is 10.4. The molecule has 0 aliphatic carbocycles. The van der Waals surface area contributed by atoms with Crippen LogP contribution in [-0.2, 0) is 24.1 Å². The number of carbonyl (C=O) groups is 1. The largest absolute Gasteiger partial charge is 0.419 e. The Labute approximate surface area is 229 Å². The molecule has 1 aliphatic heterocycles. The van der Waals surface area contributed by atoms with E-state index in [1.165, 1.54) is 6.07 Å². The normalized spacial score (nSPS) is 17.9. The summed E-state index contributed by atoms with van der Waals surface area (Å²) in [4.78, 5) is 20.9. The number of benzene rings is 2. The van der Waals surface area contributed by atoms with Crippen LogP contribution in [-0.4, -0.2) is 51.4 Å². The Morgan fingerprint density at radius 2 is 1.89 bits per heavy atom. The summed E-state index contributed by atoms with van der Waals surface area (Å²) in [5, 5.41) is 0.823. The molecule has 0 spiro atoms. The number of likely N-dealkylation sites (tertiary alicyclic amines) is 1. The van der Waals surface area contributed by atoms with Gasteiger partial charge < -0.3 is 9.47 Å². The zero-order valence-electron chi connectivity index (χ0n) is 20.8. The summed E-state index contributed by atoms with van der Waals surface area (Å²) in [6.07, 6.45) is 2.57. The highest BCUT2D eigenvalue weighted by Gasteiger charge is 2.39. The van der Waals surface area contributed by atoms with Crippen LogP contribution in [0.5, 0.6) is 0 Å². The Bertz CT molecular complexity index is 1250. The van der Waals surface area contributed by atoms with Crippen molar-refractivity contribution in [3.8, 4) is 0 Å². The molecule has 1 fully saturated rings. The first-order valence-electron chi connectivity index (χ1n) is 12.3.